The SMILES string of the molecule is CO[C@H]1/C=C/O[C@@]2(C)Oc3c(C)c(O)c4c(c3C2=O)C(=O)C(N2CCC(NCC3(C(F)(F)F)CCN(c5c(F)cn6c(=O)c(C(=O)O)cc(C7CC7)c6c5C)C3)CC2)=C(NC(=O)/C(C)=C\C=C\[C@@H](C)[C@H](O)[C@@H](C)[C@H](O)[C@@H](C)[C@@H](OC(C)=O)[C@@H]1C)C4=O. The smallest absolute Gasteiger partial charge is 0.397 e. The monoisotopic (exact) mass is 1200 g/mol. The number of piperidine rings is 1. The number of carbonyl (C=O) groups is 6. The van der Waals surface area contributed by atoms with Gasteiger partial charge in [-0.25, -0.2) is 9.18 Å². The van der Waals surface area contributed by atoms with Crippen molar-refractivity contribution < 1.29 is 85.7 Å². The number of methoxy groups -OCH3 is 1. The Balaban J connectivity index is 1.02. The minimum atomic E-state index is -4.80. The first-order chi connectivity index (χ1) is 40.4. The standard InChI is InChI=1S/C62H73F4N5O15/c1-28-12-11-13-29(2)57(79)68-45-48(69-20-16-37(17-21-69)67-26-61(62(64,65)66)19-22-70(27-61)47-31(4)46-38(36-14-15-36)24-39(59(81)82)58(80)71(46)25-40(47)63)53(77)42-43(52(45)76)51(75)34(7)55-44(42)56(78)60(9,86-55)84-23-18-41(83-10)30(3)54(85-35(8)72)33(6)50(74)32(5)49(28)73/h11-13,18,23-25,28,30,32-33,36-37,41,49-50,54,67,73-75H,14-17,19-22,26-27H2,1-10H3,(H,68,79)(H,81,82)/b12-11+,23-18+,29-13-/t28-,30-,32-,33-,41+,49+,50+,54+,60+,61?/m1/s1. The summed E-state index contributed by atoms with van der Waals surface area (Å²) in [5.74, 6) is -13.1. The molecule has 20 nitrogen and oxygen atoms in total. The van der Waals surface area contributed by atoms with Gasteiger partial charge in [0.05, 0.1) is 64.1 Å². The molecule has 5 aliphatic heterocycles. The third kappa shape index (κ3) is 11.2. The number of ether oxygens (including phenoxy) is 4. The van der Waals surface area contributed by atoms with Crippen LogP contribution in [-0.4, -0.2) is 147 Å². The molecule has 1 amide bonds. The van der Waals surface area contributed by atoms with Crippen LogP contribution in [0.3, 0.4) is 0 Å². The van der Waals surface area contributed by atoms with E-state index in [0.29, 0.717) is 18.4 Å². The minimum Gasteiger partial charge on any atom is -0.507 e. The van der Waals surface area contributed by atoms with Gasteiger partial charge in [0.1, 0.15) is 34.6 Å². The Labute approximate surface area is 493 Å². The molecule has 24 heteroatoms. The number of alkyl halides is 3. The molecule has 10 rings (SSSR count). The van der Waals surface area contributed by atoms with E-state index >= 15 is 27.2 Å². The molecule has 2 aromatic heterocycles. The number of amides is 1. The van der Waals surface area contributed by atoms with E-state index in [1.807, 2.05) is 0 Å². The number of aliphatic hydroxyl groups excluding tert-OH is 2. The van der Waals surface area contributed by atoms with Gasteiger partial charge in [0.25, 0.3) is 17.2 Å². The van der Waals surface area contributed by atoms with Gasteiger partial charge in [-0.2, -0.15) is 13.2 Å². The number of carboxylic acids is 1. The Kier molecular flexibility index (Phi) is 17.4. The lowest BCUT2D eigenvalue weighted by Gasteiger charge is -2.39. The van der Waals surface area contributed by atoms with Crippen LogP contribution < -0.4 is 25.8 Å². The largest absolute Gasteiger partial charge is 0.507 e. The van der Waals surface area contributed by atoms with Gasteiger partial charge in [0.2, 0.25) is 11.6 Å². The average molecular weight is 1200 g/mol. The number of hydrogen-bond acceptors (Lipinski definition) is 17. The first kappa shape index (κ1) is 63.1. The Bertz CT molecular complexity index is 3510. The normalized spacial score (nSPS) is 30.3. The number of rotatable bonds is 9. The summed E-state index contributed by atoms with van der Waals surface area (Å²) in [6, 6.07) is 0.664. The van der Waals surface area contributed by atoms with Crippen molar-refractivity contribution >= 4 is 46.4 Å². The van der Waals surface area contributed by atoms with Crippen LogP contribution in [0.25, 0.3) is 5.52 Å². The van der Waals surface area contributed by atoms with Crippen molar-refractivity contribution in [2.24, 2.45) is 29.1 Å². The average Bonchev–Trinajstić information content (AvgIpc) is 1.42. The molecule has 3 fully saturated rings. The third-order valence-electron chi connectivity index (χ3n) is 18.4. The van der Waals surface area contributed by atoms with Crippen LogP contribution in [0.15, 0.2) is 64.6 Å². The van der Waals surface area contributed by atoms with Crippen LogP contribution in [-0.2, 0) is 23.8 Å². The van der Waals surface area contributed by atoms with Crippen molar-refractivity contribution in [1.29, 1.82) is 0 Å². The molecule has 7 heterocycles. The number of aliphatic hydroxyl groups is 2. The van der Waals surface area contributed by atoms with Crippen LogP contribution in [0.5, 0.6) is 11.5 Å². The number of phenolic OH excluding ortho intramolecular Hbond substituents is 1. The number of aromatic carboxylic acids is 1. The molecule has 5 bridgehead atoms. The van der Waals surface area contributed by atoms with Gasteiger partial charge in [-0.05, 0) is 82.1 Å². The molecular formula is C62H73F4N5O15. The highest BCUT2D eigenvalue weighted by molar-refractivity contribution is 6.32. The van der Waals surface area contributed by atoms with Gasteiger partial charge in [0, 0.05) is 94.5 Å². The lowest BCUT2D eigenvalue weighted by Crippen LogP contribution is -2.52. The maximum absolute atomic E-state index is 16.2. The van der Waals surface area contributed by atoms with E-state index < -0.39 is 171 Å². The molecule has 2 aliphatic carbocycles. The van der Waals surface area contributed by atoms with Gasteiger partial charge in [-0.15, -0.1) is 0 Å². The van der Waals surface area contributed by atoms with Crippen molar-refractivity contribution in [3.63, 3.8) is 0 Å². The summed E-state index contributed by atoms with van der Waals surface area (Å²) in [4.78, 5) is 100.0. The summed E-state index contributed by atoms with van der Waals surface area (Å²) in [5, 5.41) is 50.4. The van der Waals surface area contributed by atoms with Gasteiger partial charge >= 0.3 is 23.9 Å². The number of esters is 1. The highest BCUT2D eigenvalue weighted by Gasteiger charge is 2.59. The predicted molar refractivity (Wildman–Crippen MR) is 303 cm³/mol. The summed E-state index contributed by atoms with van der Waals surface area (Å²) < 4.78 is 87.4. The lowest BCUT2D eigenvalue weighted by atomic mass is 9.78. The number of allylic oxidation sites excluding steroid dienone is 4. The maximum Gasteiger partial charge on any atom is 0.397 e. The number of ketones is 3. The Hall–Kier alpha value is -7.41. The molecule has 1 aromatic carbocycles. The molecule has 1 unspecified atom stereocenters. The van der Waals surface area contributed by atoms with Gasteiger partial charge in [0.15, 0.2) is 5.82 Å². The van der Waals surface area contributed by atoms with E-state index in [2.05, 4.69) is 10.6 Å². The quantitative estimate of drug-likeness (QED) is 0.0920. The molecular weight excluding hydrogens is 1130 g/mol. The Morgan fingerprint density at radius 1 is 0.884 bits per heavy atom. The maximum atomic E-state index is 16.2. The summed E-state index contributed by atoms with van der Waals surface area (Å²) in [6.07, 6.45) is -0.104. The number of hydrogen-bond donors (Lipinski definition) is 6. The molecule has 464 valence electrons. The highest BCUT2D eigenvalue weighted by Crippen LogP contribution is 2.51. The number of aromatic hydroxyl groups is 1. The van der Waals surface area contributed by atoms with Crippen molar-refractivity contribution in [2.45, 2.75) is 143 Å². The molecule has 1 saturated carbocycles. The highest BCUT2D eigenvalue weighted by atomic mass is 19.4. The molecule has 0 radical (unpaired) electrons. The van der Waals surface area contributed by atoms with Crippen LogP contribution in [0.4, 0.5) is 23.2 Å². The van der Waals surface area contributed by atoms with E-state index in [0.717, 1.165) is 16.9 Å². The topological polar surface area (TPSA) is 272 Å². The molecule has 3 aromatic rings. The summed E-state index contributed by atoms with van der Waals surface area (Å²) in [6.45, 7) is 11.8. The van der Waals surface area contributed by atoms with Crippen LogP contribution in [0.2, 0.25) is 0 Å². The number of Topliss-reactive ketones (excluding diaryl/α,β-unsaturated/α-hetero) is 3. The first-order valence-electron chi connectivity index (χ1n) is 28.8. The fraction of sp³-hybridized carbons (Fsp3) is 0.532. The first-order valence-corrected chi connectivity index (χ1v) is 28.8. The number of nitrogens with zero attached hydrogens (tertiary/aromatic N) is 3. The Morgan fingerprint density at radius 2 is 1.56 bits per heavy atom. The number of fused-ring (bicyclic) bond motifs is 15. The van der Waals surface area contributed by atoms with E-state index in [1.165, 1.54) is 75.8 Å². The number of benzene rings is 1. The lowest BCUT2D eigenvalue weighted by molar-refractivity contribution is -0.215. The predicted octanol–water partition coefficient (Wildman–Crippen LogP) is 7.11. The van der Waals surface area contributed by atoms with Crippen LogP contribution in [0.1, 0.15) is 145 Å². The fourth-order valence-corrected chi connectivity index (χ4v) is 13.1. The molecule has 10 atom stereocenters. The van der Waals surface area contributed by atoms with Gasteiger partial charge < -0.3 is 59.8 Å². The number of pyridine rings is 2. The van der Waals surface area contributed by atoms with Crippen LogP contribution in [0, 0.1) is 48.8 Å². The zero-order valence-electron chi connectivity index (χ0n) is 49.5. The van der Waals surface area contributed by atoms with E-state index in [9.17, 15) is 44.4 Å². The molecule has 7 aliphatic rings. The van der Waals surface area contributed by atoms with Crippen molar-refractivity contribution in [3.05, 3.63) is 115 Å². The van der Waals surface area contributed by atoms with Gasteiger partial charge in [-0.3, -0.25) is 33.2 Å². The molecule has 2 saturated heterocycles. The third-order valence-corrected chi connectivity index (χ3v) is 18.4. The van der Waals surface area contributed by atoms with E-state index in [4.69, 9.17) is 18.9 Å². The fourth-order valence-electron chi connectivity index (χ4n) is 13.1. The van der Waals surface area contributed by atoms with Crippen molar-refractivity contribution in [3.8, 4) is 11.5 Å². The number of aryl methyl sites for hydroxylation is 1. The molecule has 6 N–H and O–H groups in total. The number of nitrogens with one attached hydrogen (secondary N) is 2. The second-order valence-electron chi connectivity index (χ2n) is 24.2. The zero-order valence-corrected chi connectivity index (χ0v) is 49.5. The second kappa shape index (κ2) is 23.7. The zero-order chi connectivity index (χ0) is 63.0. The van der Waals surface area contributed by atoms with E-state index in [-0.39, 0.29) is 77.7 Å². The summed E-state index contributed by atoms with van der Waals surface area (Å²) in [5.41, 5.74) is -5.62. The second-order valence-corrected chi connectivity index (χ2v) is 24.2. The number of halogens is 4. The minimum absolute atomic E-state index is 0.0140. The van der Waals surface area contributed by atoms with Gasteiger partial charge in [-0.1, -0.05) is 45.9 Å². The summed E-state index contributed by atoms with van der Waals surface area (Å²) >= 11 is 0. The number of anilines is 1. The molecule has 86 heavy (non-hydrogen) atoms. The number of phenols is 1. The Morgan fingerprint density at radius 3 is 2.17 bits per heavy atom. The van der Waals surface area contributed by atoms with Crippen LogP contribution >= 0.6 is 0 Å². The number of carboxylic acid groups (broad SMARTS) is 1. The number of carbonyl (C=O) groups excluding carboxylic acids is 5. The number of aromatic nitrogens is 1. The number of likely N-dealkylation sites (tertiary alicyclic amines) is 1. The summed E-state index contributed by atoms with van der Waals surface area (Å²) in [7, 11) is 1.38. The van der Waals surface area contributed by atoms with Crippen molar-refractivity contribution in [2.75, 3.05) is 44.7 Å². The van der Waals surface area contributed by atoms with E-state index in [1.54, 1.807) is 33.8 Å². The van der Waals surface area contributed by atoms with Crippen molar-refractivity contribution in [1.82, 2.24) is 19.9 Å². The molecule has 0 spiro atoms.